The molecule has 88 valence electrons. The van der Waals surface area contributed by atoms with Crippen molar-refractivity contribution >= 4 is 29.9 Å². The molecular formula is C12H16ClNOS. The maximum absolute atomic E-state index is 6.08. The maximum atomic E-state index is 6.08. The lowest BCUT2D eigenvalue weighted by Crippen LogP contribution is -2.05. The molecular weight excluding hydrogens is 242 g/mol. The molecule has 0 aliphatic carbocycles. The van der Waals surface area contributed by atoms with Crippen molar-refractivity contribution in [2.45, 2.75) is 13.8 Å². The van der Waals surface area contributed by atoms with E-state index in [-0.39, 0.29) is 0 Å². The second-order valence-electron chi connectivity index (χ2n) is 3.93. The van der Waals surface area contributed by atoms with E-state index in [0.29, 0.717) is 29.0 Å². The van der Waals surface area contributed by atoms with E-state index in [0.717, 1.165) is 5.56 Å². The Labute approximate surface area is 107 Å². The van der Waals surface area contributed by atoms with Crippen molar-refractivity contribution in [3.8, 4) is 5.75 Å². The number of hydrogen-bond acceptors (Lipinski definition) is 3. The number of thiol groups is 1. The van der Waals surface area contributed by atoms with Crippen LogP contribution in [0.1, 0.15) is 19.4 Å². The van der Waals surface area contributed by atoms with Crippen molar-refractivity contribution in [3.05, 3.63) is 34.2 Å². The van der Waals surface area contributed by atoms with Gasteiger partial charge in [0.05, 0.1) is 11.6 Å². The molecule has 2 nitrogen and oxygen atoms in total. The van der Waals surface area contributed by atoms with Crippen molar-refractivity contribution < 1.29 is 4.74 Å². The topological polar surface area (TPSA) is 35.2 Å². The van der Waals surface area contributed by atoms with Gasteiger partial charge >= 0.3 is 0 Å². The molecule has 1 aromatic rings. The Kier molecular flexibility index (Phi) is 5.03. The highest BCUT2D eigenvalue weighted by Gasteiger charge is 2.05. The average molecular weight is 258 g/mol. The molecule has 0 aliphatic heterocycles. The molecule has 0 saturated carbocycles. The minimum Gasteiger partial charge on any atom is -0.492 e. The first kappa shape index (κ1) is 13.3. The number of benzene rings is 1. The van der Waals surface area contributed by atoms with Crippen LogP contribution in [0, 0.1) is 5.92 Å². The average Bonchev–Trinajstić information content (AvgIpc) is 2.26. The molecule has 0 aromatic heterocycles. The maximum Gasteiger partial charge on any atom is 0.137 e. The largest absolute Gasteiger partial charge is 0.492 e. The van der Waals surface area contributed by atoms with Crippen LogP contribution in [0.4, 0.5) is 0 Å². The molecule has 4 heteroatoms. The van der Waals surface area contributed by atoms with Gasteiger partial charge in [0.1, 0.15) is 5.75 Å². The highest BCUT2D eigenvalue weighted by molar-refractivity contribution is 7.83. The highest BCUT2D eigenvalue weighted by Crippen LogP contribution is 2.27. The van der Waals surface area contributed by atoms with Gasteiger partial charge in [-0.25, -0.2) is 0 Å². The minimum absolute atomic E-state index is 0.471. The Morgan fingerprint density at radius 1 is 1.56 bits per heavy atom. The highest BCUT2D eigenvalue weighted by atomic mass is 35.5. The van der Waals surface area contributed by atoms with Crippen LogP contribution < -0.4 is 10.5 Å². The van der Waals surface area contributed by atoms with Gasteiger partial charge in [-0.05, 0) is 35.1 Å². The number of hydrogen-bond donors (Lipinski definition) is 2. The van der Waals surface area contributed by atoms with Gasteiger partial charge in [-0.2, -0.15) is 0 Å². The lowest BCUT2D eigenvalue weighted by atomic mass is 10.2. The van der Waals surface area contributed by atoms with Crippen LogP contribution >= 0.6 is 24.2 Å². The van der Waals surface area contributed by atoms with Crippen LogP contribution in [0.15, 0.2) is 23.6 Å². The molecule has 1 rings (SSSR count). The summed E-state index contributed by atoms with van der Waals surface area (Å²) in [4.78, 5) is 0. The van der Waals surface area contributed by atoms with E-state index in [2.05, 4.69) is 26.5 Å². The van der Waals surface area contributed by atoms with Crippen LogP contribution in [0.2, 0.25) is 5.02 Å². The number of halogens is 1. The summed E-state index contributed by atoms with van der Waals surface area (Å²) in [5, 5.41) is 2.11. The van der Waals surface area contributed by atoms with E-state index < -0.39 is 0 Å². The molecule has 16 heavy (non-hydrogen) atoms. The second kappa shape index (κ2) is 6.06. The summed E-state index contributed by atoms with van der Waals surface area (Å²) in [6.07, 6.45) is 0. The summed E-state index contributed by atoms with van der Waals surface area (Å²) in [6.45, 7) is 4.82. The van der Waals surface area contributed by atoms with Gasteiger partial charge in [-0.15, -0.1) is 12.6 Å². The third kappa shape index (κ3) is 3.65. The third-order valence-electron chi connectivity index (χ3n) is 1.98. The fourth-order valence-electron chi connectivity index (χ4n) is 1.13. The van der Waals surface area contributed by atoms with Crippen LogP contribution in [-0.2, 0) is 0 Å². The number of rotatable bonds is 4. The monoisotopic (exact) mass is 257 g/mol. The summed E-state index contributed by atoms with van der Waals surface area (Å²) >= 11 is 10.1. The summed E-state index contributed by atoms with van der Waals surface area (Å²) in [6, 6.07) is 5.47. The van der Waals surface area contributed by atoms with Crippen LogP contribution in [0.25, 0.3) is 5.70 Å². The van der Waals surface area contributed by atoms with Crippen LogP contribution in [0.3, 0.4) is 0 Å². The molecule has 0 atom stereocenters. The predicted molar refractivity (Wildman–Crippen MR) is 72.9 cm³/mol. The Hall–Kier alpha value is -0.800. The van der Waals surface area contributed by atoms with E-state index in [1.54, 1.807) is 11.5 Å². The fourth-order valence-corrected chi connectivity index (χ4v) is 1.51. The molecule has 0 heterocycles. The summed E-state index contributed by atoms with van der Waals surface area (Å²) < 4.78 is 5.56. The first-order valence-corrected chi connectivity index (χ1v) is 5.96. The van der Waals surface area contributed by atoms with Gasteiger partial charge in [0, 0.05) is 5.70 Å². The Bertz CT molecular complexity index is 391. The zero-order valence-electron chi connectivity index (χ0n) is 9.40. The molecule has 0 unspecified atom stereocenters. The van der Waals surface area contributed by atoms with Crippen LogP contribution in [-0.4, -0.2) is 6.61 Å². The first-order chi connectivity index (χ1) is 7.54. The van der Waals surface area contributed by atoms with Gasteiger partial charge in [0.25, 0.3) is 0 Å². The molecule has 0 radical (unpaired) electrons. The van der Waals surface area contributed by atoms with E-state index in [1.165, 1.54) is 0 Å². The smallest absolute Gasteiger partial charge is 0.137 e. The Balaban J connectivity index is 2.83. The van der Waals surface area contributed by atoms with Gasteiger partial charge in [-0.1, -0.05) is 25.4 Å². The SMILES string of the molecule is CC(C)COc1ccc(/C(N)=C/S)cc1Cl. The number of nitrogens with two attached hydrogens (primary N) is 1. The third-order valence-corrected chi connectivity index (χ3v) is 2.55. The van der Waals surface area contributed by atoms with E-state index in [4.69, 9.17) is 22.1 Å². The second-order valence-corrected chi connectivity index (χ2v) is 4.60. The molecule has 0 aliphatic rings. The quantitative estimate of drug-likeness (QED) is 0.809. The van der Waals surface area contributed by atoms with E-state index >= 15 is 0 Å². The van der Waals surface area contributed by atoms with Crippen molar-refractivity contribution in [3.63, 3.8) is 0 Å². The first-order valence-electron chi connectivity index (χ1n) is 5.07. The fraction of sp³-hybridized carbons (Fsp3) is 0.333. The van der Waals surface area contributed by atoms with Crippen LogP contribution in [0.5, 0.6) is 5.75 Å². The molecule has 2 N–H and O–H groups in total. The zero-order valence-corrected chi connectivity index (χ0v) is 11.1. The normalized spacial score (nSPS) is 11.9. The lowest BCUT2D eigenvalue weighted by molar-refractivity contribution is 0.271. The summed E-state index contributed by atoms with van der Waals surface area (Å²) in [5.41, 5.74) is 7.15. The van der Waals surface area contributed by atoms with Crippen molar-refractivity contribution in [2.75, 3.05) is 6.61 Å². The molecule has 0 bridgehead atoms. The van der Waals surface area contributed by atoms with Gasteiger partial charge in [-0.3, -0.25) is 0 Å². The molecule has 0 fully saturated rings. The molecule has 1 aromatic carbocycles. The molecule has 0 spiro atoms. The zero-order chi connectivity index (χ0) is 12.1. The minimum atomic E-state index is 0.471. The van der Waals surface area contributed by atoms with Crippen molar-refractivity contribution in [2.24, 2.45) is 11.7 Å². The van der Waals surface area contributed by atoms with Crippen molar-refractivity contribution in [1.82, 2.24) is 0 Å². The Morgan fingerprint density at radius 3 is 2.75 bits per heavy atom. The Morgan fingerprint density at radius 2 is 2.25 bits per heavy atom. The van der Waals surface area contributed by atoms with Crippen molar-refractivity contribution in [1.29, 1.82) is 0 Å². The van der Waals surface area contributed by atoms with Gasteiger partial charge in [0.2, 0.25) is 0 Å². The van der Waals surface area contributed by atoms with Gasteiger partial charge < -0.3 is 10.5 Å². The molecule has 0 saturated heterocycles. The van der Waals surface area contributed by atoms with E-state index in [9.17, 15) is 0 Å². The summed E-state index contributed by atoms with van der Waals surface area (Å²) in [7, 11) is 0. The van der Waals surface area contributed by atoms with E-state index in [1.807, 2.05) is 12.1 Å². The summed E-state index contributed by atoms with van der Waals surface area (Å²) in [5.74, 6) is 1.16. The van der Waals surface area contributed by atoms with Gasteiger partial charge in [0.15, 0.2) is 0 Å². The lowest BCUT2D eigenvalue weighted by Gasteiger charge is -2.11. The predicted octanol–water partition coefficient (Wildman–Crippen LogP) is 3.56. The standard InChI is InChI=1S/C12H16ClNOS/c1-8(2)6-15-12-4-3-9(5-10(12)13)11(14)7-16/h3-5,7-8,16H,6,14H2,1-2H3/b11-7-. The number of ether oxygens (including phenoxy) is 1. The molecule has 0 amide bonds.